The summed E-state index contributed by atoms with van der Waals surface area (Å²) in [5, 5.41) is 3.10. The molecule has 0 aliphatic carbocycles. The van der Waals surface area contributed by atoms with Crippen LogP contribution in [0.4, 0.5) is 4.79 Å². The Hall–Kier alpha value is -3.88. The monoisotopic (exact) mass is 503 g/mol. The number of para-hydroxylation sites is 2. The number of amides is 3. The molecule has 1 saturated heterocycles. The summed E-state index contributed by atoms with van der Waals surface area (Å²) >= 11 is 0. The Labute approximate surface area is 216 Å². The number of carbonyl (C=O) groups excluding carboxylic acids is 3. The van der Waals surface area contributed by atoms with Crippen LogP contribution in [0, 0.1) is 0 Å². The van der Waals surface area contributed by atoms with Gasteiger partial charge in [0.25, 0.3) is 0 Å². The highest BCUT2D eigenvalue weighted by Crippen LogP contribution is 2.37. The summed E-state index contributed by atoms with van der Waals surface area (Å²) in [5.74, 6) is 0.530. The van der Waals surface area contributed by atoms with Crippen molar-refractivity contribution in [2.45, 2.75) is 57.8 Å². The Balaban J connectivity index is 1.35. The highest BCUT2D eigenvalue weighted by molar-refractivity contribution is 5.91. The molecule has 0 bridgehead atoms. The van der Waals surface area contributed by atoms with Gasteiger partial charge in [-0.2, -0.15) is 0 Å². The van der Waals surface area contributed by atoms with Gasteiger partial charge in [0.1, 0.15) is 11.9 Å². The van der Waals surface area contributed by atoms with Crippen molar-refractivity contribution in [2.24, 2.45) is 0 Å². The lowest BCUT2D eigenvalue weighted by atomic mass is 10.0. The molecule has 1 fully saturated rings. The van der Waals surface area contributed by atoms with Crippen molar-refractivity contribution in [2.75, 3.05) is 19.7 Å². The van der Waals surface area contributed by atoms with E-state index in [9.17, 15) is 14.4 Å². The molecule has 2 aromatic carbocycles. The molecular weight excluding hydrogens is 470 g/mol. The normalized spacial score (nSPS) is 20.1. The van der Waals surface area contributed by atoms with Crippen LogP contribution in [-0.2, 0) is 20.9 Å². The fraction of sp³-hybridized carbons (Fsp3) is 0.429. The summed E-state index contributed by atoms with van der Waals surface area (Å²) in [6, 6.07) is 16.7. The van der Waals surface area contributed by atoms with Crippen LogP contribution >= 0.6 is 0 Å². The smallest absolute Gasteiger partial charge is 0.409 e. The second-order valence-electron chi connectivity index (χ2n) is 9.70. The maximum absolute atomic E-state index is 13.9. The van der Waals surface area contributed by atoms with Crippen molar-refractivity contribution in [3.8, 4) is 0 Å². The number of likely N-dealkylation sites (tertiary alicyclic amines) is 1. The van der Waals surface area contributed by atoms with Gasteiger partial charge in [0.2, 0.25) is 11.8 Å². The van der Waals surface area contributed by atoms with E-state index in [0.29, 0.717) is 39.1 Å². The van der Waals surface area contributed by atoms with E-state index in [4.69, 9.17) is 9.72 Å². The largest absolute Gasteiger partial charge is 0.450 e. The van der Waals surface area contributed by atoms with Crippen LogP contribution in [0.15, 0.2) is 54.6 Å². The van der Waals surface area contributed by atoms with Gasteiger partial charge in [-0.3, -0.25) is 9.59 Å². The molecule has 0 unspecified atom stereocenters. The number of nitrogens with one attached hydrogen (secondary N) is 1. The molecule has 1 aromatic heterocycles. The first kappa shape index (κ1) is 24.8. The molecule has 0 saturated carbocycles. The number of benzene rings is 2. The van der Waals surface area contributed by atoms with Gasteiger partial charge < -0.3 is 24.4 Å². The molecule has 3 amide bonds. The lowest BCUT2D eigenvalue weighted by molar-refractivity contribution is -0.142. The molecule has 2 aliphatic heterocycles. The zero-order valence-corrected chi connectivity index (χ0v) is 21.3. The van der Waals surface area contributed by atoms with Crippen LogP contribution in [0.2, 0.25) is 0 Å². The van der Waals surface area contributed by atoms with Gasteiger partial charge >= 0.3 is 6.09 Å². The van der Waals surface area contributed by atoms with E-state index in [1.165, 1.54) is 0 Å². The van der Waals surface area contributed by atoms with E-state index in [0.717, 1.165) is 22.4 Å². The zero-order chi connectivity index (χ0) is 25.9. The number of ether oxygens (including phenoxy) is 1. The van der Waals surface area contributed by atoms with Gasteiger partial charge in [-0.1, -0.05) is 42.5 Å². The van der Waals surface area contributed by atoms with Crippen molar-refractivity contribution >= 4 is 28.9 Å². The second-order valence-corrected chi connectivity index (χ2v) is 9.70. The van der Waals surface area contributed by atoms with Crippen molar-refractivity contribution < 1.29 is 19.1 Å². The average molecular weight is 504 g/mol. The summed E-state index contributed by atoms with van der Waals surface area (Å²) in [5.41, 5.74) is 2.71. The molecule has 9 heteroatoms. The first-order valence-electron chi connectivity index (χ1n) is 13.0. The molecule has 0 spiro atoms. The Kier molecular flexibility index (Phi) is 7.12. The van der Waals surface area contributed by atoms with Crippen LogP contribution in [-0.4, -0.2) is 63.0 Å². The molecule has 2 atom stereocenters. The molecule has 0 radical (unpaired) electrons. The average Bonchev–Trinajstić information content (AvgIpc) is 3.30. The van der Waals surface area contributed by atoms with Crippen LogP contribution in [0.3, 0.4) is 0 Å². The van der Waals surface area contributed by atoms with Crippen LogP contribution in [0.1, 0.15) is 56.6 Å². The third kappa shape index (κ3) is 5.03. The SMILES string of the molecule is CCOC(=O)N1CCC(NC(=O)C[C@@H]2C(=O)N(Cc3ccccc3)[C@@H](C)c3nc4ccccc4n32)CC1. The van der Waals surface area contributed by atoms with E-state index < -0.39 is 6.04 Å². The minimum absolute atomic E-state index is 0.0300. The minimum atomic E-state index is -0.679. The maximum Gasteiger partial charge on any atom is 0.409 e. The fourth-order valence-electron chi connectivity index (χ4n) is 5.37. The fourth-order valence-corrected chi connectivity index (χ4v) is 5.37. The predicted octanol–water partition coefficient (Wildman–Crippen LogP) is 3.81. The molecule has 3 aromatic rings. The zero-order valence-electron chi connectivity index (χ0n) is 21.3. The number of rotatable bonds is 6. The predicted molar refractivity (Wildman–Crippen MR) is 139 cm³/mol. The number of aromatic nitrogens is 2. The highest BCUT2D eigenvalue weighted by atomic mass is 16.6. The van der Waals surface area contributed by atoms with E-state index in [1.807, 2.05) is 71.0 Å². The molecule has 1 N–H and O–H groups in total. The summed E-state index contributed by atoms with van der Waals surface area (Å²) in [4.78, 5) is 47.5. The number of carbonyl (C=O) groups is 3. The first-order valence-corrected chi connectivity index (χ1v) is 13.0. The lowest BCUT2D eigenvalue weighted by Gasteiger charge is -2.39. The van der Waals surface area contributed by atoms with E-state index in [2.05, 4.69) is 5.32 Å². The summed E-state index contributed by atoms with van der Waals surface area (Å²) in [6.07, 6.45) is 1.02. The number of hydrogen-bond acceptors (Lipinski definition) is 5. The molecule has 194 valence electrons. The van der Waals surface area contributed by atoms with Gasteiger partial charge in [0, 0.05) is 25.7 Å². The highest BCUT2D eigenvalue weighted by Gasteiger charge is 2.40. The van der Waals surface area contributed by atoms with Gasteiger partial charge in [-0.25, -0.2) is 9.78 Å². The van der Waals surface area contributed by atoms with Crippen molar-refractivity contribution in [1.29, 1.82) is 0 Å². The number of fused-ring (bicyclic) bond motifs is 3. The van der Waals surface area contributed by atoms with Crippen LogP contribution < -0.4 is 5.32 Å². The molecule has 2 aliphatic rings. The van der Waals surface area contributed by atoms with Crippen molar-refractivity contribution in [3.63, 3.8) is 0 Å². The van der Waals surface area contributed by atoms with Gasteiger partial charge in [-0.15, -0.1) is 0 Å². The minimum Gasteiger partial charge on any atom is -0.450 e. The van der Waals surface area contributed by atoms with Crippen LogP contribution in [0.25, 0.3) is 11.0 Å². The molecule has 5 rings (SSSR count). The van der Waals surface area contributed by atoms with Gasteiger partial charge in [0.15, 0.2) is 0 Å². The van der Waals surface area contributed by atoms with E-state index in [1.54, 1.807) is 11.8 Å². The summed E-state index contributed by atoms with van der Waals surface area (Å²) < 4.78 is 7.03. The van der Waals surface area contributed by atoms with E-state index in [-0.39, 0.29) is 36.4 Å². The third-order valence-corrected chi connectivity index (χ3v) is 7.30. The Morgan fingerprint density at radius 2 is 1.76 bits per heavy atom. The number of hydrogen-bond donors (Lipinski definition) is 1. The van der Waals surface area contributed by atoms with Gasteiger partial charge in [-0.05, 0) is 44.4 Å². The Bertz CT molecular complexity index is 1280. The van der Waals surface area contributed by atoms with Gasteiger partial charge in [0.05, 0.1) is 30.1 Å². The van der Waals surface area contributed by atoms with Crippen LogP contribution in [0.5, 0.6) is 0 Å². The van der Waals surface area contributed by atoms with Crippen molar-refractivity contribution in [1.82, 2.24) is 24.7 Å². The lowest BCUT2D eigenvalue weighted by Crippen LogP contribution is -2.49. The third-order valence-electron chi connectivity index (χ3n) is 7.30. The summed E-state index contributed by atoms with van der Waals surface area (Å²) in [7, 11) is 0. The molecule has 3 heterocycles. The molecule has 9 nitrogen and oxygen atoms in total. The Morgan fingerprint density at radius 3 is 2.49 bits per heavy atom. The second kappa shape index (κ2) is 10.6. The number of piperidine rings is 1. The van der Waals surface area contributed by atoms with E-state index >= 15 is 0 Å². The first-order chi connectivity index (χ1) is 18.0. The number of nitrogens with zero attached hydrogens (tertiary/aromatic N) is 4. The quantitative estimate of drug-likeness (QED) is 0.552. The molecule has 37 heavy (non-hydrogen) atoms. The maximum atomic E-state index is 13.9. The Morgan fingerprint density at radius 1 is 1.05 bits per heavy atom. The van der Waals surface area contributed by atoms with Crippen molar-refractivity contribution in [3.05, 3.63) is 66.0 Å². The molecular formula is C28H33N5O4. The standard InChI is InChI=1S/C28H33N5O4/c1-3-37-28(36)31-15-13-21(14-16-31)29-25(34)17-24-27(35)32(18-20-9-5-4-6-10-20)19(2)26-30-22-11-7-8-12-23(22)33(24)26/h4-12,19,21,24H,3,13-18H2,1-2H3,(H,29,34)/t19-,24+/m0/s1. The number of imidazole rings is 1. The topological polar surface area (TPSA) is 96.8 Å². The summed E-state index contributed by atoms with van der Waals surface area (Å²) in [6.45, 7) is 5.64.